The molecule has 3 heteroatoms. The van der Waals surface area contributed by atoms with Crippen LogP contribution in [0.4, 0.5) is 0 Å². The molecule has 0 heterocycles. The minimum atomic E-state index is -0.401. The molecule has 94 valence electrons. The van der Waals surface area contributed by atoms with Gasteiger partial charge in [-0.2, -0.15) is 0 Å². The van der Waals surface area contributed by atoms with E-state index >= 15 is 0 Å². The number of hydrogen-bond donors (Lipinski definition) is 1. The number of esters is 1. The van der Waals surface area contributed by atoms with Gasteiger partial charge in [0.2, 0.25) is 0 Å². The molecule has 0 aromatic rings. The second-order valence-electron chi connectivity index (χ2n) is 6.42. The molecule has 0 aromatic carbocycles. The normalized spacial score (nSPS) is 28.4. The smallest absolute Gasteiger partial charge is 0.306 e. The lowest BCUT2D eigenvalue weighted by molar-refractivity contribution is -0.161. The summed E-state index contributed by atoms with van der Waals surface area (Å²) in [6.07, 6.45) is 1.41. The standard InChI is InChI=1S/C13H24O3/c1-12(2,3)16-11(15)7-9-6-10(8-14)13(9,4)5/h9-10,14H,6-8H2,1-5H3/t9-,10+/m0/s1. The summed E-state index contributed by atoms with van der Waals surface area (Å²) in [5.74, 6) is 0.557. The van der Waals surface area contributed by atoms with Crippen LogP contribution in [0.1, 0.15) is 47.5 Å². The van der Waals surface area contributed by atoms with Crippen LogP contribution in [0, 0.1) is 17.3 Å². The van der Waals surface area contributed by atoms with Gasteiger partial charge in [0, 0.05) is 13.0 Å². The van der Waals surface area contributed by atoms with E-state index in [1.165, 1.54) is 0 Å². The van der Waals surface area contributed by atoms with Crippen LogP contribution in [-0.4, -0.2) is 23.3 Å². The van der Waals surface area contributed by atoms with E-state index in [2.05, 4.69) is 13.8 Å². The van der Waals surface area contributed by atoms with Crippen LogP contribution in [0.2, 0.25) is 0 Å². The fraction of sp³-hybridized carbons (Fsp3) is 0.923. The minimum absolute atomic E-state index is 0.0612. The molecule has 1 aliphatic rings. The summed E-state index contributed by atoms with van der Waals surface area (Å²) in [4.78, 5) is 11.7. The van der Waals surface area contributed by atoms with Crippen LogP contribution >= 0.6 is 0 Å². The average molecular weight is 228 g/mol. The fourth-order valence-corrected chi connectivity index (χ4v) is 2.36. The van der Waals surface area contributed by atoms with Gasteiger partial charge in [-0.05, 0) is 44.4 Å². The average Bonchev–Trinajstić information content (AvgIpc) is 2.08. The number of hydrogen-bond acceptors (Lipinski definition) is 3. The quantitative estimate of drug-likeness (QED) is 0.754. The molecule has 0 bridgehead atoms. The topological polar surface area (TPSA) is 46.5 Å². The minimum Gasteiger partial charge on any atom is -0.460 e. The molecule has 1 saturated carbocycles. The summed E-state index contributed by atoms with van der Waals surface area (Å²) in [5.41, 5.74) is -0.340. The summed E-state index contributed by atoms with van der Waals surface area (Å²) in [6.45, 7) is 10.1. The number of carbonyl (C=O) groups is 1. The van der Waals surface area contributed by atoms with E-state index in [4.69, 9.17) is 9.84 Å². The molecule has 1 rings (SSSR count). The number of aliphatic hydroxyl groups is 1. The molecule has 2 atom stereocenters. The largest absolute Gasteiger partial charge is 0.460 e. The van der Waals surface area contributed by atoms with E-state index in [9.17, 15) is 4.79 Å². The molecule has 0 aromatic heterocycles. The van der Waals surface area contributed by atoms with Gasteiger partial charge in [0.1, 0.15) is 5.60 Å². The zero-order valence-corrected chi connectivity index (χ0v) is 11.0. The van der Waals surface area contributed by atoms with Crippen molar-refractivity contribution in [2.75, 3.05) is 6.61 Å². The number of aliphatic hydroxyl groups excluding tert-OH is 1. The van der Waals surface area contributed by atoms with E-state index in [-0.39, 0.29) is 18.0 Å². The van der Waals surface area contributed by atoms with E-state index in [1.54, 1.807) is 0 Å². The summed E-state index contributed by atoms with van der Waals surface area (Å²) in [7, 11) is 0. The molecule has 0 amide bonds. The lowest BCUT2D eigenvalue weighted by atomic mass is 9.54. The molecule has 0 unspecified atom stereocenters. The van der Waals surface area contributed by atoms with Crippen LogP contribution in [0.25, 0.3) is 0 Å². The summed E-state index contributed by atoms with van der Waals surface area (Å²) < 4.78 is 5.30. The Morgan fingerprint density at radius 1 is 1.38 bits per heavy atom. The Morgan fingerprint density at radius 3 is 2.31 bits per heavy atom. The van der Waals surface area contributed by atoms with E-state index in [0.29, 0.717) is 18.3 Å². The predicted octanol–water partition coefficient (Wildman–Crippen LogP) is 2.37. The van der Waals surface area contributed by atoms with Crippen LogP contribution in [0.15, 0.2) is 0 Å². The van der Waals surface area contributed by atoms with Gasteiger partial charge in [-0.25, -0.2) is 0 Å². The molecular formula is C13H24O3. The molecule has 0 aliphatic heterocycles. The molecule has 1 N–H and O–H groups in total. The SMILES string of the molecule is CC(C)(C)OC(=O)C[C@@H]1C[C@H](CO)C1(C)C. The number of rotatable bonds is 3. The third-order valence-electron chi connectivity index (χ3n) is 3.73. The third-order valence-corrected chi connectivity index (χ3v) is 3.73. The van der Waals surface area contributed by atoms with E-state index in [0.717, 1.165) is 6.42 Å². The van der Waals surface area contributed by atoms with Crippen molar-refractivity contribution >= 4 is 5.97 Å². The van der Waals surface area contributed by atoms with Crippen molar-refractivity contribution in [1.29, 1.82) is 0 Å². The van der Waals surface area contributed by atoms with Crippen molar-refractivity contribution in [1.82, 2.24) is 0 Å². The zero-order chi connectivity index (χ0) is 12.6. The maximum absolute atomic E-state index is 11.7. The Hall–Kier alpha value is -0.570. The van der Waals surface area contributed by atoms with Crippen molar-refractivity contribution in [3.05, 3.63) is 0 Å². The van der Waals surface area contributed by atoms with Crippen molar-refractivity contribution in [3.8, 4) is 0 Å². The Bertz CT molecular complexity index is 263. The fourth-order valence-electron chi connectivity index (χ4n) is 2.36. The van der Waals surface area contributed by atoms with Crippen LogP contribution in [-0.2, 0) is 9.53 Å². The lowest BCUT2D eigenvalue weighted by Gasteiger charge is -2.51. The Morgan fingerprint density at radius 2 is 1.94 bits per heavy atom. The van der Waals surface area contributed by atoms with Crippen LogP contribution in [0.5, 0.6) is 0 Å². The highest BCUT2D eigenvalue weighted by Crippen LogP contribution is 2.52. The maximum Gasteiger partial charge on any atom is 0.306 e. The molecule has 0 radical (unpaired) electrons. The summed E-state index contributed by atoms with van der Waals surface area (Å²) in [6, 6.07) is 0. The Kier molecular flexibility index (Phi) is 3.68. The van der Waals surface area contributed by atoms with Gasteiger partial charge < -0.3 is 9.84 Å². The highest BCUT2D eigenvalue weighted by Gasteiger charge is 2.48. The van der Waals surface area contributed by atoms with Crippen LogP contribution < -0.4 is 0 Å². The van der Waals surface area contributed by atoms with E-state index in [1.807, 2.05) is 20.8 Å². The third kappa shape index (κ3) is 2.97. The van der Waals surface area contributed by atoms with Gasteiger partial charge in [0.15, 0.2) is 0 Å². The van der Waals surface area contributed by atoms with Crippen molar-refractivity contribution in [2.24, 2.45) is 17.3 Å². The van der Waals surface area contributed by atoms with Gasteiger partial charge in [-0.15, -0.1) is 0 Å². The van der Waals surface area contributed by atoms with Gasteiger partial charge in [-0.1, -0.05) is 13.8 Å². The second-order valence-corrected chi connectivity index (χ2v) is 6.42. The molecular weight excluding hydrogens is 204 g/mol. The Balaban J connectivity index is 2.43. The van der Waals surface area contributed by atoms with Crippen LogP contribution in [0.3, 0.4) is 0 Å². The molecule has 0 spiro atoms. The monoisotopic (exact) mass is 228 g/mol. The first-order valence-corrected chi connectivity index (χ1v) is 5.99. The summed E-state index contributed by atoms with van der Waals surface area (Å²) >= 11 is 0. The number of ether oxygens (including phenoxy) is 1. The van der Waals surface area contributed by atoms with E-state index < -0.39 is 5.60 Å². The highest BCUT2D eigenvalue weighted by atomic mass is 16.6. The molecule has 0 saturated heterocycles. The predicted molar refractivity (Wildman–Crippen MR) is 62.9 cm³/mol. The number of carbonyl (C=O) groups excluding carboxylic acids is 1. The van der Waals surface area contributed by atoms with Crippen molar-refractivity contribution in [3.63, 3.8) is 0 Å². The lowest BCUT2D eigenvalue weighted by Crippen LogP contribution is -2.47. The van der Waals surface area contributed by atoms with Crippen molar-refractivity contribution in [2.45, 2.75) is 53.1 Å². The molecule has 16 heavy (non-hydrogen) atoms. The first kappa shape index (κ1) is 13.5. The highest BCUT2D eigenvalue weighted by molar-refractivity contribution is 5.70. The molecule has 1 fully saturated rings. The summed E-state index contributed by atoms with van der Waals surface area (Å²) in [5, 5.41) is 9.14. The van der Waals surface area contributed by atoms with Crippen molar-refractivity contribution < 1.29 is 14.6 Å². The van der Waals surface area contributed by atoms with Gasteiger partial charge >= 0.3 is 5.97 Å². The van der Waals surface area contributed by atoms with Gasteiger partial charge in [0.25, 0.3) is 0 Å². The maximum atomic E-state index is 11.7. The molecule has 1 aliphatic carbocycles. The first-order valence-electron chi connectivity index (χ1n) is 5.99. The Labute approximate surface area is 98.2 Å². The first-order chi connectivity index (χ1) is 7.16. The second kappa shape index (κ2) is 4.36. The zero-order valence-electron chi connectivity index (χ0n) is 11.0. The van der Waals surface area contributed by atoms with Gasteiger partial charge in [0.05, 0.1) is 0 Å². The van der Waals surface area contributed by atoms with Gasteiger partial charge in [-0.3, -0.25) is 4.79 Å². The molecule has 3 nitrogen and oxygen atoms in total.